The first-order valence-electron chi connectivity index (χ1n) is 8.37. The average molecular weight is 370 g/mol. The summed E-state index contributed by atoms with van der Waals surface area (Å²) in [4.78, 5) is 25.7. The van der Waals surface area contributed by atoms with Crippen molar-refractivity contribution >= 4 is 29.2 Å². The topological polar surface area (TPSA) is 90.9 Å². The lowest BCUT2D eigenvalue weighted by Crippen LogP contribution is -2.42. The molecule has 0 spiro atoms. The normalized spacial score (nSPS) is 16.4. The summed E-state index contributed by atoms with van der Waals surface area (Å²) in [5.41, 5.74) is 0.477. The maximum atomic E-state index is 12.1. The Kier molecular flexibility index (Phi) is 8.14. The largest absolute Gasteiger partial charge is 0.480 e. The maximum absolute atomic E-state index is 12.1. The van der Waals surface area contributed by atoms with Crippen molar-refractivity contribution in [3.8, 4) is 0 Å². The Morgan fingerprint density at radius 3 is 2.68 bits per heavy atom. The van der Waals surface area contributed by atoms with Crippen LogP contribution in [0.15, 0.2) is 24.3 Å². The van der Waals surface area contributed by atoms with Crippen LogP contribution >= 0.6 is 11.6 Å². The van der Waals surface area contributed by atoms with Gasteiger partial charge in [0.05, 0.1) is 30.3 Å². The lowest BCUT2D eigenvalue weighted by molar-refractivity contribution is -0.141. The fraction of sp³-hybridized carbons (Fsp3) is 0.529. The quantitative estimate of drug-likeness (QED) is 0.570. The summed E-state index contributed by atoms with van der Waals surface area (Å²) in [6.07, 6.45) is 0.661. The molecule has 138 valence electrons. The average Bonchev–Trinajstić information content (AvgIpc) is 2.60. The van der Waals surface area contributed by atoms with E-state index >= 15 is 0 Å². The molecule has 1 unspecified atom stereocenters. The van der Waals surface area contributed by atoms with Crippen molar-refractivity contribution in [2.75, 3.05) is 44.7 Å². The number of amides is 1. The van der Waals surface area contributed by atoms with Crippen LogP contribution in [-0.4, -0.2) is 67.3 Å². The number of hydrogen-bond donors (Lipinski definition) is 3. The van der Waals surface area contributed by atoms with Gasteiger partial charge in [0.1, 0.15) is 6.04 Å². The summed E-state index contributed by atoms with van der Waals surface area (Å²) in [5.74, 6) is -1.43. The van der Waals surface area contributed by atoms with Crippen molar-refractivity contribution in [2.45, 2.75) is 18.9 Å². The molecule has 1 heterocycles. The Balaban J connectivity index is 1.73. The molecule has 1 aromatic rings. The number of carbonyl (C=O) groups is 2. The van der Waals surface area contributed by atoms with Gasteiger partial charge in [-0.1, -0.05) is 23.7 Å². The number of para-hydroxylation sites is 1. The number of rotatable bonds is 9. The molecule has 1 saturated heterocycles. The first kappa shape index (κ1) is 19.7. The number of carbonyl (C=O) groups excluding carboxylic acids is 1. The zero-order valence-corrected chi connectivity index (χ0v) is 14.8. The smallest absolute Gasteiger partial charge is 0.321 e. The van der Waals surface area contributed by atoms with Gasteiger partial charge in [0.25, 0.3) is 0 Å². The zero-order valence-electron chi connectivity index (χ0n) is 14.0. The van der Waals surface area contributed by atoms with Gasteiger partial charge in [-0.2, -0.15) is 0 Å². The van der Waals surface area contributed by atoms with Crippen molar-refractivity contribution in [1.29, 1.82) is 0 Å². The van der Waals surface area contributed by atoms with Crippen molar-refractivity contribution < 1.29 is 19.4 Å². The summed E-state index contributed by atoms with van der Waals surface area (Å²) in [6.45, 7) is 4.72. The summed E-state index contributed by atoms with van der Waals surface area (Å²) in [6, 6.07) is 5.92. The van der Waals surface area contributed by atoms with Crippen LogP contribution in [0, 0.1) is 0 Å². The number of nitrogens with zero attached hydrogens (tertiary/aromatic N) is 1. The highest BCUT2D eigenvalue weighted by molar-refractivity contribution is 6.33. The van der Waals surface area contributed by atoms with Crippen LogP contribution in [0.3, 0.4) is 0 Å². The molecule has 1 aliphatic rings. The molecule has 0 radical (unpaired) electrons. The highest BCUT2D eigenvalue weighted by Crippen LogP contribution is 2.20. The Morgan fingerprint density at radius 2 is 2.00 bits per heavy atom. The lowest BCUT2D eigenvalue weighted by atomic mass is 10.2. The first-order valence-corrected chi connectivity index (χ1v) is 8.74. The van der Waals surface area contributed by atoms with E-state index in [9.17, 15) is 14.7 Å². The molecule has 0 bridgehead atoms. The van der Waals surface area contributed by atoms with E-state index in [1.165, 1.54) is 0 Å². The van der Waals surface area contributed by atoms with Crippen LogP contribution in [0.5, 0.6) is 0 Å². The van der Waals surface area contributed by atoms with Gasteiger partial charge in [0.2, 0.25) is 5.91 Å². The first-order chi connectivity index (χ1) is 12.1. The Hall–Kier alpha value is -1.67. The number of carboxylic acid groups (broad SMARTS) is 1. The predicted octanol–water partition coefficient (Wildman–Crippen LogP) is 1.43. The van der Waals surface area contributed by atoms with Crippen molar-refractivity contribution in [2.24, 2.45) is 0 Å². The van der Waals surface area contributed by atoms with E-state index in [1.54, 1.807) is 24.3 Å². The molecule has 25 heavy (non-hydrogen) atoms. The standard InChI is InChI=1S/C17H24ClN3O4/c18-13-4-1-2-5-14(13)20-16(22)12-15(17(23)24)19-6-3-7-21-8-10-25-11-9-21/h1-2,4-5,15,19H,3,6-12H2,(H,20,22)(H,23,24). The number of anilines is 1. The number of nitrogens with one attached hydrogen (secondary N) is 2. The summed E-state index contributed by atoms with van der Waals surface area (Å²) in [5, 5.41) is 15.3. The van der Waals surface area contributed by atoms with Crippen LogP contribution in [0.25, 0.3) is 0 Å². The van der Waals surface area contributed by atoms with Crippen LogP contribution < -0.4 is 10.6 Å². The van der Waals surface area contributed by atoms with Gasteiger partial charge < -0.3 is 20.5 Å². The molecule has 8 heteroatoms. The highest BCUT2D eigenvalue weighted by atomic mass is 35.5. The van der Waals surface area contributed by atoms with Gasteiger partial charge in [0.15, 0.2) is 0 Å². The van der Waals surface area contributed by atoms with E-state index in [2.05, 4.69) is 15.5 Å². The van der Waals surface area contributed by atoms with E-state index < -0.39 is 12.0 Å². The summed E-state index contributed by atoms with van der Waals surface area (Å²) < 4.78 is 5.29. The number of aliphatic carboxylic acids is 1. The monoisotopic (exact) mass is 369 g/mol. The molecule has 0 aromatic heterocycles. The van der Waals surface area contributed by atoms with Gasteiger partial charge in [-0.3, -0.25) is 14.5 Å². The van der Waals surface area contributed by atoms with Crippen molar-refractivity contribution in [3.63, 3.8) is 0 Å². The number of hydrogen-bond acceptors (Lipinski definition) is 5. The molecule has 1 aliphatic heterocycles. The van der Waals surface area contributed by atoms with Gasteiger partial charge in [-0.15, -0.1) is 0 Å². The molecule has 1 amide bonds. The molecular weight excluding hydrogens is 346 g/mol. The molecule has 0 saturated carbocycles. The van der Waals surface area contributed by atoms with Gasteiger partial charge in [-0.25, -0.2) is 0 Å². The lowest BCUT2D eigenvalue weighted by Gasteiger charge is -2.26. The van der Waals surface area contributed by atoms with Gasteiger partial charge >= 0.3 is 5.97 Å². The highest BCUT2D eigenvalue weighted by Gasteiger charge is 2.21. The SMILES string of the molecule is O=C(CC(NCCCN1CCOCC1)C(=O)O)Nc1ccccc1Cl. The minimum absolute atomic E-state index is 0.155. The molecule has 0 aliphatic carbocycles. The molecule has 3 N–H and O–H groups in total. The molecule has 1 aromatic carbocycles. The second kappa shape index (κ2) is 10.4. The van der Waals surface area contributed by atoms with E-state index in [0.717, 1.165) is 39.3 Å². The van der Waals surface area contributed by atoms with Crippen LogP contribution in [0.4, 0.5) is 5.69 Å². The third-order valence-electron chi connectivity index (χ3n) is 3.98. The van der Waals surface area contributed by atoms with E-state index in [0.29, 0.717) is 17.3 Å². The number of ether oxygens (including phenoxy) is 1. The van der Waals surface area contributed by atoms with Crippen LogP contribution in [-0.2, 0) is 14.3 Å². The fourth-order valence-corrected chi connectivity index (χ4v) is 2.78. The van der Waals surface area contributed by atoms with E-state index in [-0.39, 0.29) is 12.3 Å². The molecule has 1 atom stereocenters. The van der Waals surface area contributed by atoms with Gasteiger partial charge in [-0.05, 0) is 31.6 Å². The second-order valence-electron chi connectivity index (χ2n) is 5.88. The minimum atomic E-state index is -1.04. The number of halogens is 1. The zero-order chi connectivity index (χ0) is 18.1. The van der Waals surface area contributed by atoms with E-state index in [4.69, 9.17) is 16.3 Å². The predicted molar refractivity (Wildman–Crippen MR) is 96.0 cm³/mol. The van der Waals surface area contributed by atoms with Crippen LogP contribution in [0.1, 0.15) is 12.8 Å². The Morgan fingerprint density at radius 1 is 1.28 bits per heavy atom. The summed E-state index contributed by atoms with van der Waals surface area (Å²) in [7, 11) is 0. The Bertz CT molecular complexity index is 579. The van der Waals surface area contributed by atoms with Gasteiger partial charge in [0, 0.05) is 13.1 Å². The second-order valence-corrected chi connectivity index (χ2v) is 6.29. The molecule has 1 fully saturated rings. The maximum Gasteiger partial charge on any atom is 0.321 e. The van der Waals surface area contributed by atoms with Crippen molar-refractivity contribution in [1.82, 2.24) is 10.2 Å². The molecular formula is C17H24ClN3O4. The van der Waals surface area contributed by atoms with E-state index in [1.807, 2.05) is 0 Å². The number of benzene rings is 1. The molecule has 2 rings (SSSR count). The number of morpholine rings is 1. The third-order valence-corrected chi connectivity index (χ3v) is 4.31. The molecule has 7 nitrogen and oxygen atoms in total. The van der Waals surface area contributed by atoms with Crippen LogP contribution in [0.2, 0.25) is 5.02 Å². The Labute approximate surface area is 152 Å². The minimum Gasteiger partial charge on any atom is -0.480 e. The fourth-order valence-electron chi connectivity index (χ4n) is 2.60. The summed E-state index contributed by atoms with van der Waals surface area (Å²) >= 11 is 5.98. The third kappa shape index (κ3) is 6.99. The van der Waals surface area contributed by atoms with Crippen molar-refractivity contribution in [3.05, 3.63) is 29.3 Å². The number of carboxylic acids is 1.